The van der Waals surface area contributed by atoms with Crippen LogP contribution in [0.2, 0.25) is 0 Å². The molecular weight excluding hydrogens is 306 g/mol. The average Bonchev–Trinajstić information content (AvgIpc) is 2.43. The molecule has 0 amide bonds. The molecule has 0 spiro atoms. The van der Waals surface area contributed by atoms with Gasteiger partial charge in [0.2, 0.25) is 10.0 Å². The van der Waals surface area contributed by atoms with Gasteiger partial charge >= 0.3 is 0 Å². The number of aryl methyl sites for hydroxylation is 2. The zero-order valence-electron chi connectivity index (χ0n) is 14.1. The number of sulfonamides is 1. The van der Waals surface area contributed by atoms with Gasteiger partial charge in [0.05, 0.1) is 4.90 Å². The van der Waals surface area contributed by atoms with E-state index in [9.17, 15) is 8.42 Å². The highest BCUT2D eigenvalue weighted by molar-refractivity contribution is 7.89. The van der Waals surface area contributed by atoms with Crippen molar-refractivity contribution >= 4 is 10.0 Å². The van der Waals surface area contributed by atoms with Gasteiger partial charge in [-0.1, -0.05) is 17.7 Å². The van der Waals surface area contributed by atoms with Crippen LogP contribution < -0.4 is 4.72 Å². The lowest BCUT2D eigenvalue weighted by atomic mass is 9.50. The van der Waals surface area contributed by atoms with Gasteiger partial charge in [0.25, 0.3) is 0 Å². The first-order chi connectivity index (χ1) is 10.9. The van der Waals surface area contributed by atoms with Crippen LogP contribution in [0.4, 0.5) is 0 Å². The molecule has 0 atom stereocenters. The minimum absolute atomic E-state index is 0.237. The Hall–Kier alpha value is -0.870. The maximum Gasteiger partial charge on any atom is 0.240 e. The fourth-order valence-corrected chi connectivity index (χ4v) is 7.31. The van der Waals surface area contributed by atoms with Gasteiger partial charge in [-0.15, -0.1) is 0 Å². The molecule has 4 saturated carbocycles. The predicted molar refractivity (Wildman–Crippen MR) is 91.7 cm³/mol. The summed E-state index contributed by atoms with van der Waals surface area (Å²) in [4.78, 5) is 0.438. The van der Waals surface area contributed by atoms with Crippen LogP contribution >= 0.6 is 0 Å². The molecule has 4 heteroatoms. The Bertz CT molecular complexity index is 688. The van der Waals surface area contributed by atoms with E-state index in [0.717, 1.165) is 28.9 Å². The topological polar surface area (TPSA) is 46.2 Å². The summed E-state index contributed by atoms with van der Waals surface area (Å²) in [5.74, 6) is 2.56. The van der Waals surface area contributed by atoms with Gasteiger partial charge in [-0.3, -0.25) is 0 Å². The van der Waals surface area contributed by atoms with Gasteiger partial charge in [0, 0.05) is 6.54 Å². The highest BCUT2D eigenvalue weighted by atomic mass is 32.2. The van der Waals surface area contributed by atoms with Gasteiger partial charge in [-0.2, -0.15) is 0 Å². The maximum atomic E-state index is 12.7. The maximum absolute atomic E-state index is 12.7. The smallest absolute Gasteiger partial charge is 0.211 e. The van der Waals surface area contributed by atoms with E-state index < -0.39 is 10.0 Å². The molecule has 4 aliphatic rings. The molecule has 0 aromatic heterocycles. The molecule has 23 heavy (non-hydrogen) atoms. The normalized spacial score (nSPS) is 35.7. The molecular formula is C19H27NO2S. The summed E-state index contributed by atoms with van der Waals surface area (Å²) in [6.07, 6.45) is 7.87. The number of hydrogen-bond donors (Lipinski definition) is 1. The zero-order valence-corrected chi connectivity index (χ0v) is 15.0. The number of benzene rings is 1. The van der Waals surface area contributed by atoms with Gasteiger partial charge in [0.1, 0.15) is 0 Å². The van der Waals surface area contributed by atoms with Crippen LogP contribution in [-0.2, 0) is 10.0 Å². The van der Waals surface area contributed by atoms with Gasteiger partial charge in [-0.25, -0.2) is 13.1 Å². The lowest BCUT2D eigenvalue weighted by Gasteiger charge is -2.56. The molecule has 0 radical (unpaired) electrons. The highest BCUT2D eigenvalue weighted by Gasteiger charge is 2.50. The summed E-state index contributed by atoms with van der Waals surface area (Å²) in [5, 5.41) is 0. The first kappa shape index (κ1) is 15.6. The van der Waals surface area contributed by atoms with Gasteiger partial charge in [0.15, 0.2) is 0 Å². The molecule has 0 unspecified atom stereocenters. The number of hydrogen-bond acceptors (Lipinski definition) is 2. The molecule has 0 saturated heterocycles. The third-order valence-corrected chi connectivity index (χ3v) is 7.98. The second-order valence-electron chi connectivity index (χ2n) is 8.51. The molecule has 1 aromatic carbocycles. The van der Waals surface area contributed by atoms with Crippen molar-refractivity contribution in [3.63, 3.8) is 0 Å². The fraction of sp³-hybridized carbons (Fsp3) is 0.684. The third-order valence-electron chi connectivity index (χ3n) is 6.42. The number of rotatable bonds is 4. The van der Waals surface area contributed by atoms with E-state index in [2.05, 4.69) is 4.72 Å². The third kappa shape index (κ3) is 2.85. The summed E-state index contributed by atoms with van der Waals surface area (Å²) >= 11 is 0. The SMILES string of the molecule is Cc1ccc(S(=O)(=O)NCC23CC4CC(CC(C4)C2)C3)c(C)c1. The summed E-state index contributed by atoms with van der Waals surface area (Å²) in [7, 11) is -3.40. The molecule has 1 aromatic rings. The van der Waals surface area contributed by atoms with Crippen molar-refractivity contribution in [1.29, 1.82) is 0 Å². The van der Waals surface area contributed by atoms with Crippen LogP contribution in [0, 0.1) is 37.0 Å². The Kier molecular flexibility index (Phi) is 3.62. The first-order valence-corrected chi connectivity index (χ1v) is 10.4. The summed E-state index contributed by atoms with van der Waals surface area (Å²) in [6, 6.07) is 5.57. The highest BCUT2D eigenvalue weighted by Crippen LogP contribution is 2.59. The lowest BCUT2D eigenvalue weighted by Crippen LogP contribution is -2.51. The standard InChI is InChI=1S/C19H27NO2S/c1-13-3-4-18(14(2)5-13)23(21,22)20-12-19-9-15-6-16(10-19)8-17(7-15)11-19/h3-5,15-17,20H,6-12H2,1-2H3. The van der Waals surface area contributed by atoms with E-state index in [-0.39, 0.29) is 5.41 Å². The first-order valence-electron chi connectivity index (χ1n) is 8.92. The zero-order chi connectivity index (χ0) is 16.2. The lowest BCUT2D eigenvalue weighted by molar-refractivity contribution is -0.0487. The van der Waals surface area contributed by atoms with Crippen LogP contribution in [0.15, 0.2) is 23.1 Å². The minimum Gasteiger partial charge on any atom is -0.211 e. The fourth-order valence-electron chi connectivity index (χ4n) is 5.93. The van der Waals surface area contributed by atoms with E-state index in [0.29, 0.717) is 11.4 Å². The van der Waals surface area contributed by atoms with E-state index in [1.165, 1.54) is 38.5 Å². The van der Waals surface area contributed by atoms with E-state index in [4.69, 9.17) is 0 Å². The second-order valence-corrected chi connectivity index (χ2v) is 10.2. The van der Waals surface area contributed by atoms with Gasteiger partial charge in [-0.05, 0) is 87.2 Å². The van der Waals surface area contributed by atoms with Gasteiger partial charge < -0.3 is 0 Å². The molecule has 5 rings (SSSR count). The summed E-state index contributed by atoms with van der Waals surface area (Å²) in [5.41, 5.74) is 2.17. The summed E-state index contributed by atoms with van der Waals surface area (Å²) < 4.78 is 28.5. The monoisotopic (exact) mass is 333 g/mol. The molecule has 4 fully saturated rings. The van der Waals surface area contributed by atoms with Crippen LogP contribution in [0.25, 0.3) is 0 Å². The molecule has 126 valence electrons. The van der Waals surface area contributed by atoms with Crippen molar-refractivity contribution in [1.82, 2.24) is 4.72 Å². The Labute approximate surface area is 139 Å². The van der Waals surface area contributed by atoms with Crippen molar-refractivity contribution in [2.45, 2.75) is 57.3 Å². The second kappa shape index (κ2) is 5.32. The number of nitrogens with one attached hydrogen (secondary N) is 1. The van der Waals surface area contributed by atoms with Crippen molar-refractivity contribution in [3.05, 3.63) is 29.3 Å². The van der Waals surface area contributed by atoms with Crippen molar-refractivity contribution < 1.29 is 8.42 Å². The van der Waals surface area contributed by atoms with Crippen LogP contribution in [0.5, 0.6) is 0 Å². The Morgan fingerprint density at radius 2 is 1.61 bits per heavy atom. The molecule has 3 nitrogen and oxygen atoms in total. The molecule has 4 bridgehead atoms. The minimum atomic E-state index is -3.40. The molecule has 0 aliphatic heterocycles. The summed E-state index contributed by atoms with van der Waals surface area (Å²) in [6.45, 7) is 4.50. The average molecular weight is 333 g/mol. The predicted octanol–water partition coefficient (Wildman–Crippen LogP) is 3.80. The Morgan fingerprint density at radius 1 is 1.04 bits per heavy atom. The Morgan fingerprint density at radius 3 is 2.13 bits per heavy atom. The quantitative estimate of drug-likeness (QED) is 0.911. The van der Waals surface area contributed by atoms with E-state index in [1.807, 2.05) is 26.0 Å². The van der Waals surface area contributed by atoms with Crippen LogP contribution in [-0.4, -0.2) is 15.0 Å². The van der Waals surface area contributed by atoms with Crippen molar-refractivity contribution in [3.8, 4) is 0 Å². The van der Waals surface area contributed by atoms with E-state index in [1.54, 1.807) is 6.07 Å². The molecule has 4 aliphatic carbocycles. The Balaban J connectivity index is 1.52. The molecule has 1 N–H and O–H groups in total. The van der Waals surface area contributed by atoms with Crippen molar-refractivity contribution in [2.24, 2.45) is 23.2 Å². The van der Waals surface area contributed by atoms with Crippen LogP contribution in [0.1, 0.15) is 49.7 Å². The largest absolute Gasteiger partial charge is 0.240 e. The van der Waals surface area contributed by atoms with Crippen molar-refractivity contribution in [2.75, 3.05) is 6.54 Å². The molecule has 0 heterocycles. The van der Waals surface area contributed by atoms with Crippen LogP contribution in [0.3, 0.4) is 0 Å². The van der Waals surface area contributed by atoms with E-state index >= 15 is 0 Å².